The van der Waals surface area contributed by atoms with Crippen LogP contribution < -0.4 is 20.1 Å². The van der Waals surface area contributed by atoms with Crippen LogP contribution in [0.2, 0.25) is 0 Å². The van der Waals surface area contributed by atoms with Gasteiger partial charge in [-0.15, -0.1) is 24.0 Å². The number of rotatable bonds is 9. The Morgan fingerprint density at radius 3 is 2.46 bits per heavy atom. The van der Waals surface area contributed by atoms with Gasteiger partial charge in [0.15, 0.2) is 17.5 Å². The van der Waals surface area contributed by atoms with Gasteiger partial charge in [0.05, 0.1) is 13.7 Å². The lowest BCUT2D eigenvalue weighted by Crippen LogP contribution is -2.30. The first kappa shape index (κ1) is 23.9. The fraction of sp³-hybridized carbons (Fsp3) is 0.381. The third-order valence-corrected chi connectivity index (χ3v) is 3.90. The van der Waals surface area contributed by atoms with Crippen molar-refractivity contribution < 1.29 is 14.6 Å². The van der Waals surface area contributed by atoms with E-state index in [9.17, 15) is 5.11 Å². The second-order valence-electron chi connectivity index (χ2n) is 5.95. The fourth-order valence-electron chi connectivity index (χ4n) is 2.60. The molecule has 0 saturated carbocycles. The van der Waals surface area contributed by atoms with Crippen LogP contribution >= 0.6 is 24.0 Å². The highest BCUT2D eigenvalue weighted by molar-refractivity contribution is 14.0. The molecule has 0 aliphatic rings. The smallest absolute Gasteiger partial charge is 0.195 e. The summed E-state index contributed by atoms with van der Waals surface area (Å²) in [5.41, 5.74) is 2.07. The van der Waals surface area contributed by atoms with Crippen LogP contribution in [0.15, 0.2) is 47.5 Å². The summed E-state index contributed by atoms with van der Waals surface area (Å²) in [4.78, 5) is 4.63. The Bertz CT molecular complexity index is 736. The standard InChI is InChI=1S/C21H29N3O3.HI/c1-4-22-21(23-14-6-7-16-8-11-18(25)12-9-16)24-17-10-13-19(27-5-2)20(15-17)26-3;/h8-13,15,25H,4-7,14H2,1-3H3,(H2,22,23,24);1H. The lowest BCUT2D eigenvalue weighted by Gasteiger charge is -2.14. The van der Waals surface area contributed by atoms with Gasteiger partial charge in [-0.25, -0.2) is 0 Å². The number of hydrogen-bond acceptors (Lipinski definition) is 4. The summed E-state index contributed by atoms with van der Waals surface area (Å²) in [6, 6.07) is 13.0. The Labute approximate surface area is 184 Å². The molecule has 3 N–H and O–H groups in total. The van der Waals surface area contributed by atoms with E-state index in [0.717, 1.165) is 36.8 Å². The average molecular weight is 499 g/mol. The van der Waals surface area contributed by atoms with Crippen molar-refractivity contribution >= 4 is 35.6 Å². The Morgan fingerprint density at radius 2 is 1.82 bits per heavy atom. The molecule has 2 aromatic carbocycles. The highest BCUT2D eigenvalue weighted by atomic mass is 127. The zero-order valence-corrected chi connectivity index (χ0v) is 19.0. The minimum absolute atomic E-state index is 0. The van der Waals surface area contributed by atoms with Gasteiger partial charge >= 0.3 is 0 Å². The second kappa shape index (κ2) is 13.1. The lowest BCUT2D eigenvalue weighted by molar-refractivity contribution is 0.311. The minimum Gasteiger partial charge on any atom is -0.508 e. The normalized spacial score (nSPS) is 10.8. The number of phenols is 1. The van der Waals surface area contributed by atoms with Crippen molar-refractivity contribution in [3.63, 3.8) is 0 Å². The number of methoxy groups -OCH3 is 1. The molecule has 0 heterocycles. The summed E-state index contributed by atoms with van der Waals surface area (Å²) in [6.45, 7) is 6.04. The first-order valence-electron chi connectivity index (χ1n) is 9.30. The van der Waals surface area contributed by atoms with Gasteiger partial charge in [-0.2, -0.15) is 0 Å². The van der Waals surface area contributed by atoms with Gasteiger partial charge < -0.3 is 25.2 Å². The molecule has 154 valence electrons. The largest absolute Gasteiger partial charge is 0.508 e. The first-order valence-corrected chi connectivity index (χ1v) is 9.30. The molecule has 0 radical (unpaired) electrons. The molecule has 0 amide bonds. The molecule has 2 rings (SSSR count). The van der Waals surface area contributed by atoms with Gasteiger partial charge in [0.1, 0.15) is 5.75 Å². The number of ether oxygens (including phenoxy) is 2. The summed E-state index contributed by atoms with van der Waals surface area (Å²) in [7, 11) is 1.63. The van der Waals surface area contributed by atoms with E-state index < -0.39 is 0 Å². The molecule has 0 saturated heterocycles. The van der Waals surface area contributed by atoms with Crippen LogP contribution in [0.25, 0.3) is 0 Å². The van der Waals surface area contributed by atoms with E-state index in [4.69, 9.17) is 9.47 Å². The van der Waals surface area contributed by atoms with E-state index in [0.29, 0.717) is 24.7 Å². The van der Waals surface area contributed by atoms with E-state index in [2.05, 4.69) is 15.6 Å². The molecule has 0 aliphatic carbocycles. The molecule has 28 heavy (non-hydrogen) atoms. The summed E-state index contributed by atoms with van der Waals surface area (Å²) in [5, 5.41) is 15.9. The number of halogens is 1. The van der Waals surface area contributed by atoms with E-state index in [-0.39, 0.29) is 24.0 Å². The number of phenolic OH excluding ortho intramolecular Hbond substituents is 1. The number of anilines is 1. The molecule has 7 heteroatoms. The summed E-state index contributed by atoms with van der Waals surface area (Å²) in [5.74, 6) is 2.43. The minimum atomic E-state index is 0. The molecular weight excluding hydrogens is 469 g/mol. The maximum absolute atomic E-state index is 9.33. The van der Waals surface area contributed by atoms with E-state index in [1.165, 1.54) is 5.56 Å². The molecule has 0 bridgehead atoms. The number of guanidine groups is 1. The van der Waals surface area contributed by atoms with Crippen LogP contribution in [0, 0.1) is 0 Å². The van der Waals surface area contributed by atoms with Crippen molar-refractivity contribution in [2.75, 3.05) is 32.1 Å². The van der Waals surface area contributed by atoms with E-state index >= 15 is 0 Å². The third kappa shape index (κ3) is 7.84. The highest BCUT2D eigenvalue weighted by Gasteiger charge is 2.07. The van der Waals surface area contributed by atoms with Crippen LogP contribution in [0.3, 0.4) is 0 Å². The molecule has 0 unspecified atom stereocenters. The maximum atomic E-state index is 9.33. The third-order valence-electron chi connectivity index (χ3n) is 3.90. The SMILES string of the molecule is CCNC(=NCCCc1ccc(O)cc1)Nc1ccc(OCC)c(OC)c1.I. The summed E-state index contributed by atoms with van der Waals surface area (Å²) < 4.78 is 10.9. The Hall–Kier alpha value is -2.16. The Balaban J connectivity index is 0.00000392. The number of nitrogens with one attached hydrogen (secondary N) is 2. The molecule has 0 fully saturated rings. The van der Waals surface area contributed by atoms with Crippen LogP contribution in [-0.4, -0.2) is 37.9 Å². The number of hydrogen-bond donors (Lipinski definition) is 3. The molecule has 0 atom stereocenters. The zero-order valence-electron chi connectivity index (χ0n) is 16.7. The van der Waals surface area contributed by atoms with Crippen molar-refractivity contribution in [1.82, 2.24) is 5.32 Å². The summed E-state index contributed by atoms with van der Waals surface area (Å²) >= 11 is 0. The molecule has 2 aromatic rings. The second-order valence-corrected chi connectivity index (χ2v) is 5.95. The van der Waals surface area contributed by atoms with Crippen molar-refractivity contribution in [1.29, 1.82) is 0 Å². The molecule has 0 aromatic heterocycles. The molecule has 6 nitrogen and oxygen atoms in total. The van der Waals surface area contributed by atoms with Crippen LogP contribution in [-0.2, 0) is 6.42 Å². The topological polar surface area (TPSA) is 75.1 Å². The number of aromatic hydroxyl groups is 1. The zero-order chi connectivity index (χ0) is 19.5. The fourth-order valence-corrected chi connectivity index (χ4v) is 2.60. The van der Waals surface area contributed by atoms with Gasteiger partial charge in [-0.05, 0) is 56.5 Å². The van der Waals surface area contributed by atoms with Crippen molar-refractivity contribution in [2.45, 2.75) is 26.7 Å². The molecule has 0 aliphatic heterocycles. The highest BCUT2D eigenvalue weighted by Crippen LogP contribution is 2.30. The summed E-state index contributed by atoms with van der Waals surface area (Å²) in [6.07, 6.45) is 1.84. The van der Waals surface area contributed by atoms with Crippen molar-refractivity contribution in [3.8, 4) is 17.2 Å². The van der Waals surface area contributed by atoms with Gasteiger partial charge in [0.2, 0.25) is 0 Å². The van der Waals surface area contributed by atoms with Crippen molar-refractivity contribution in [3.05, 3.63) is 48.0 Å². The van der Waals surface area contributed by atoms with E-state index in [1.54, 1.807) is 19.2 Å². The van der Waals surface area contributed by atoms with Gasteiger partial charge in [0.25, 0.3) is 0 Å². The van der Waals surface area contributed by atoms with E-state index in [1.807, 2.05) is 44.2 Å². The number of benzene rings is 2. The van der Waals surface area contributed by atoms with Crippen molar-refractivity contribution in [2.24, 2.45) is 4.99 Å². The predicted molar refractivity (Wildman–Crippen MR) is 126 cm³/mol. The molecular formula is C21H30IN3O3. The average Bonchev–Trinajstić information content (AvgIpc) is 2.68. The van der Waals surface area contributed by atoms with Gasteiger partial charge in [0, 0.05) is 24.8 Å². The first-order chi connectivity index (χ1) is 13.2. The Kier molecular flexibility index (Phi) is 11.2. The lowest BCUT2D eigenvalue weighted by atomic mass is 10.1. The maximum Gasteiger partial charge on any atom is 0.195 e. The van der Waals surface area contributed by atoms with Crippen LogP contribution in [0.1, 0.15) is 25.8 Å². The monoisotopic (exact) mass is 499 g/mol. The quantitative estimate of drug-likeness (QED) is 0.206. The number of aliphatic imine (C=N–C) groups is 1. The van der Waals surface area contributed by atoms with Gasteiger partial charge in [-0.3, -0.25) is 4.99 Å². The number of aryl methyl sites for hydroxylation is 1. The Morgan fingerprint density at radius 1 is 1.07 bits per heavy atom. The predicted octanol–water partition coefficient (Wildman–Crippen LogP) is 4.43. The van der Waals surface area contributed by atoms with Gasteiger partial charge in [-0.1, -0.05) is 12.1 Å². The molecule has 0 spiro atoms. The van der Waals surface area contributed by atoms with Crippen LogP contribution in [0.5, 0.6) is 17.2 Å². The number of nitrogens with zero attached hydrogens (tertiary/aromatic N) is 1. The van der Waals surface area contributed by atoms with Crippen LogP contribution in [0.4, 0.5) is 5.69 Å².